The van der Waals surface area contributed by atoms with Crippen molar-refractivity contribution in [3.05, 3.63) is 35.3 Å². The predicted molar refractivity (Wildman–Crippen MR) is 108 cm³/mol. The largest absolute Gasteiger partial charge is 0.338 e. The average molecular weight is 360 g/mol. The highest BCUT2D eigenvalue weighted by Crippen LogP contribution is 2.22. The van der Waals surface area contributed by atoms with Crippen molar-refractivity contribution in [1.29, 1.82) is 0 Å². The standard InChI is InChI=1S/C20H29N3OS/c1-5-22(6-2)13-14-23(15-16(3)4)20(24)12-11-19-21-17-9-7-8-10-18(17)25-19/h7-12,16H,5-6,13-15H2,1-4H3. The van der Waals surface area contributed by atoms with Crippen LogP contribution in [0.3, 0.4) is 0 Å². The Morgan fingerprint density at radius 3 is 2.56 bits per heavy atom. The molecule has 0 saturated carbocycles. The lowest BCUT2D eigenvalue weighted by Crippen LogP contribution is -2.39. The lowest BCUT2D eigenvalue weighted by Gasteiger charge is -2.27. The number of rotatable bonds is 9. The third-order valence-corrected chi connectivity index (χ3v) is 5.16. The fourth-order valence-corrected chi connectivity index (χ4v) is 3.61. The molecule has 0 saturated heterocycles. The number of fused-ring (bicyclic) bond motifs is 1. The summed E-state index contributed by atoms with van der Waals surface area (Å²) in [6, 6.07) is 8.05. The van der Waals surface area contributed by atoms with Crippen molar-refractivity contribution in [2.24, 2.45) is 5.92 Å². The van der Waals surface area contributed by atoms with Gasteiger partial charge in [0, 0.05) is 25.7 Å². The topological polar surface area (TPSA) is 36.4 Å². The molecule has 1 heterocycles. The first kappa shape index (κ1) is 19.6. The molecular formula is C20H29N3OS. The number of carbonyl (C=O) groups is 1. The van der Waals surface area contributed by atoms with Gasteiger partial charge in [-0.3, -0.25) is 4.79 Å². The fraction of sp³-hybridized carbons (Fsp3) is 0.500. The molecule has 1 aromatic carbocycles. The van der Waals surface area contributed by atoms with Gasteiger partial charge in [-0.25, -0.2) is 4.98 Å². The van der Waals surface area contributed by atoms with E-state index in [1.54, 1.807) is 17.4 Å². The van der Waals surface area contributed by atoms with E-state index in [1.807, 2.05) is 29.2 Å². The maximum absolute atomic E-state index is 12.7. The zero-order valence-corrected chi connectivity index (χ0v) is 16.6. The van der Waals surface area contributed by atoms with Crippen LogP contribution in [0, 0.1) is 5.92 Å². The van der Waals surface area contributed by atoms with Crippen LogP contribution in [0.25, 0.3) is 16.3 Å². The molecule has 136 valence electrons. The molecule has 1 aromatic heterocycles. The third-order valence-electron chi connectivity index (χ3n) is 4.16. The number of thiazole rings is 1. The number of benzene rings is 1. The Morgan fingerprint density at radius 1 is 1.20 bits per heavy atom. The van der Waals surface area contributed by atoms with Crippen LogP contribution in [0.1, 0.15) is 32.7 Å². The van der Waals surface area contributed by atoms with Crippen LogP contribution in [-0.2, 0) is 4.79 Å². The Balaban J connectivity index is 2.04. The van der Waals surface area contributed by atoms with Crippen LogP contribution >= 0.6 is 11.3 Å². The first-order valence-corrected chi connectivity index (χ1v) is 9.90. The van der Waals surface area contributed by atoms with Crippen LogP contribution in [0.15, 0.2) is 30.3 Å². The van der Waals surface area contributed by atoms with Crippen LogP contribution in [-0.4, -0.2) is 53.4 Å². The van der Waals surface area contributed by atoms with E-state index >= 15 is 0 Å². The normalized spacial score (nSPS) is 11.9. The molecule has 4 nitrogen and oxygen atoms in total. The van der Waals surface area contributed by atoms with Gasteiger partial charge in [0.2, 0.25) is 5.91 Å². The minimum Gasteiger partial charge on any atom is -0.338 e. The maximum atomic E-state index is 12.7. The molecule has 0 fully saturated rings. The van der Waals surface area contributed by atoms with Crippen LogP contribution < -0.4 is 0 Å². The first-order chi connectivity index (χ1) is 12.0. The monoisotopic (exact) mass is 359 g/mol. The lowest BCUT2D eigenvalue weighted by atomic mass is 10.2. The summed E-state index contributed by atoms with van der Waals surface area (Å²) in [5, 5.41) is 0.878. The summed E-state index contributed by atoms with van der Waals surface area (Å²) < 4.78 is 1.15. The van der Waals surface area contributed by atoms with Crippen molar-refractivity contribution < 1.29 is 4.79 Å². The summed E-state index contributed by atoms with van der Waals surface area (Å²) in [5.74, 6) is 0.525. The number of aromatic nitrogens is 1. The molecule has 2 aromatic rings. The highest BCUT2D eigenvalue weighted by atomic mass is 32.1. The number of para-hydroxylation sites is 1. The molecule has 0 bridgehead atoms. The molecule has 25 heavy (non-hydrogen) atoms. The van der Waals surface area contributed by atoms with Gasteiger partial charge in [0.15, 0.2) is 0 Å². The molecule has 0 spiro atoms. The van der Waals surface area contributed by atoms with Crippen LogP contribution in [0.5, 0.6) is 0 Å². The van der Waals surface area contributed by atoms with Crippen LogP contribution in [0.2, 0.25) is 0 Å². The van der Waals surface area contributed by atoms with Gasteiger partial charge in [-0.2, -0.15) is 0 Å². The molecule has 0 N–H and O–H groups in total. The zero-order valence-electron chi connectivity index (χ0n) is 15.7. The molecule has 5 heteroatoms. The lowest BCUT2D eigenvalue weighted by molar-refractivity contribution is -0.126. The predicted octanol–water partition coefficient (Wildman–Crippen LogP) is 4.14. The van der Waals surface area contributed by atoms with E-state index in [4.69, 9.17) is 0 Å². The van der Waals surface area contributed by atoms with E-state index in [0.29, 0.717) is 5.92 Å². The Bertz CT molecular complexity index is 671. The molecule has 1 amide bonds. The van der Waals surface area contributed by atoms with Gasteiger partial charge in [-0.05, 0) is 37.2 Å². The summed E-state index contributed by atoms with van der Waals surface area (Å²) in [4.78, 5) is 21.5. The summed E-state index contributed by atoms with van der Waals surface area (Å²) >= 11 is 1.61. The van der Waals surface area contributed by atoms with Gasteiger partial charge in [0.25, 0.3) is 0 Å². The number of hydrogen-bond donors (Lipinski definition) is 0. The molecule has 0 atom stereocenters. The number of amides is 1. The second kappa shape index (κ2) is 9.68. The Kier molecular flexibility index (Phi) is 7.59. The fourth-order valence-electron chi connectivity index (χ4n) is 2.74. The van der Waals surface area contributed by atoms with E-state index in [-0.39, 0.29) is 5.91 Å². The van der Waals surface area contributed by atoms with Crippen molar-refractivity contribution >= 4 is 33.5 Å². The Labute approximate surface area is 155 Å². The van der Waals surface area contributed by atoms with E-state index in [2.05, 4.69) is 43.6 Å². The highest BCUT2D eigenvalue weighted by molar-refractivity contribution is 7.19. The van der Waals surface area contributed by atoms with Gasteiger partial charge >= 0.3 is 0 Å². The van der Waals surface area contributed by atoms with E-state index < -0.39 is 0 Å². The Morgan fingerprint density at radius 2 is 1.92 bits per heavy atom. The van der Waals surface area contributed by atoms with Crippen LogP contribution in [0.4, 0.5) is 0 Å². The van der Waals surface area contributed by atoms with Gasteiger partial charge in [0.1, 0.15) is 5.01 Å². The van der Waals surface area contributed by atoms with E-state index in [0.717, 1.165) is 47.9 Å². The summed E-state index contributed by atoms with van der Waals surface area (Å²) in [6.07, 6.45) is 3.51. The first-order valence-electron chi connectivity index (χ1n) is 9.08. The average Bonchev–Trinajstić information content (AvgIpc) is 3.02. The van der Waals surface area contributed by atoms with E-state index in [9.17, 15) is 4.79 Å². The molecule has 0 unspecified atom stereocenters. The highest BCUT2D eigenvalue weighted by Gasteiger charge is 2.13. The van der Waals surface area contributed by atoms with Crippen molar-refractivity contribution in [2.75, 3.05) is 32.7 Å². The maximum Gasteiger partial charge on any atom is 0.246 e. The third kappa shape index (κ3) is 5.94. The number of hydrogen-bond acceptors (Lipinski definition) is 4. The minimum absolute atomic E-state index is 0.0695. The number of carbonyl (C=O) groups excluding carboxylic acids is 1. The Hall–Kier alpha value is -1.72. The van der Waals surface area contributed by atoms with Gasteiger partial charge in [-0.1, -0.05) is 39.8 Å². The summed E-state index contributed by atoms with van der Waals surface area (Å²) in [6.45, 7) is 13.1. The minimum atomic E-state index is 0.0695. The number of likely N-dealkylation sites (N-methyl/N-ethyl adjacent to an activating group) is 1. The zero-order chi connectivity index (χ0) is 18.2. The molecule has 0 aliphatic rings. The molecular weight excluding hydrogens is 330 g/mol. The molecule has 0 aliphatic carbocycles. The van der Waals surface area contributed by atoms with E-state index in [1.165, 1.54) is 0 Å². The summed E-state index contributed by atoms with van der Waals surface area (Å²) in [7, 11) is 0. The number of nitrogens with zero attached hydrogens (tertiary/aromatic N) is 3. The SMILES string of the molecule is CCN(CC)CCN(CC(C)C)C(=O)C=Cc1nc2ccccc2s1. The molecule has 0 radical (unpaired) electrons. The molecule has 2 rings (SSSR count). The van der Waals surface area contributed by atoms with Gasteiger partial charge < -0.3 is 9.80 Å². The second-order valence-electron chi connectivity index (χ2n) is 6.56. The molecule has 0 aliphatic heterocycles. The van der Waals surface area contributed by atoms with Crippen molar-refractivity contribution in [1.82, 2.24) is 14.8 Å². The van der Waals surface area contributed by atoms with Crippen molar-refractivity contribution in [3.8, 4) is 0 Å². The van der Waals surface area contributed by atoms with Gasteiger partial charge in [-0.15, -0.1) is 11.3 Å². The van der Waals surface area contributed by atoms with Crippen molar-refractivity contribution in [2.45, 2.75) is 27.7 Å². The summed E-state index contributed by atoms with van der Waals surface area (Å²) in [5.41, 5.74) is 0.986. The smallest absolute Gasteiger partial charge is 0.246 e. The quantitative estimate of drug-likeness (QED) is 0.632. The second-order valence-corrected chi connectivity index (χ2v) is 7.62. The van der Waals surface area contributed by atoms with Crippen molar-refractivity contribution in [3.63, 3.8) is 0 Å². The van der Waals surface area contributed by atoms with Gasteiger partial charge in [0.05, 0.1) is 10.2 Å².